The molecule has 27 heavy (non-hydrogen) atoms. The van der Waals surface area contributed by atoms with Crippen LogP contribution in [0.3, 0.4) is 0 Å². The van der Waals surface area contributed by atoms with Crippen molar-refractivity contribution in [3.05, 3.63) is 23.2 Å². The minimum Gasteiger partial charge on any atom is -0.379 e. The number of rotatable bonds is 5. The number of carbonyl (C=O) groups excluding carboxylic acids is 1. The number of anilines is 1. The molecule has 2 aliphatic rings. The first-order valence-electron chi connectivity index (χ1n) is 9.32. The maximum Gasteiger partial charge on any atom is 0.243 e. The number of sulfonamides is 1. The van der Waals surface area contributed by atoms with E-state index in [1.807, 2.05) is 11.8 Å². The fraction of sp³-hybridized carbons (Fsp3) is 0.611. The van der Waals surface area contributed by atoms with Crippen LogP contribution in [0.2, 0.25) is 5.02 Å². The molecule has 9 heteroatoms. The van der Waals surface area contributed by atoms with E-state index < -0.39 is 10.0 Å². The van der Waals surface area contributed by atoms with Crippen molar-refractivity contribution in [2.45, 2.75) is 37.1 Å². The van der Waals surface area contributed by atoms with E-state index in [9.17, 15) is 13.2 Å². The minimum atomic E-state index is -3.58. The van der Waals surface area contributed by atoms with Crippen LogP contribution >= 0.6 is 11.6 Å². The van der Waals surface area contributed by atoms with Gasteiger partial charge in [0.1, 0.15) is 0 Å². The van der Waals surface area contributed by atoms with Gasteiger partial charge in [0.25, 0.3) is 0 Å². The lowest BCUT2D eigenvalue weighted by Crippen LogP contribution is -2.47. The van der Waals surface area contributed by atoms with Gasteiger partial charge in [-0.2, -0.15) is 4.31 Å². The Morgan fingerprint density at radius 1 is 1.15 bits per heavy atom. The third-order valence-electron chi connectivity index (χ3n) is 5.12. The zero-order valence-electron chi connectivity index (χ0n) is 15.5. The number of benzene rings is 1. The number of piperidine rings is 1. The van der Waals surface area contributed by atoms with Gasteiger partial charge in [0, 0.05) is 26.2 Å². The van der Waals surface area contributed by atoms with E-state index in [1.54, 1.807) is 0 Å². The van der Waals surface area contributed by atoms with Crippen LogP contribution in [-0.4, -0.2) is 69.0 Å². The van der Waals surface area contributed by atoms with E-state index in [0.717, 1.165) is 19.3 Å². The van der Waals surface area contributed by atoms with Crippen LogP contribution in [0.1, 0.15) is 26.2 Å². The Labute approximate surface area is 165 Å². The summed E-state index contributed by atoms with van der Waals surface area (Å²) < 4.78 is 32.5. The van der Waals surface area contributed by atoms with Crippen molar-refractivity contribution in [3.63, 3.8) is 0 Å². The lowest BCUT2D eigenvalue weighted by atomic mass is 10.2. The van der Waals surface area contributed by atoms with Gasteiger partial charge in [-0.05, 0) is 38.0 Å². The van der Waals surface area contributed by atoms with Crippen molar-refractivity contribution >= 4 is 33.2 Å². The number of halogens is 1. The molecule has 0 aromatic heterocycles. The van der Waals surface area contributed by atoms with E-state index in [1.165, 1.54) is 22.5 Å². The van der Waals surface area contributed by atoms with Gasteiger partial charge in [0.15, 0.2) is 0 Å². The number of amides is 1. The molecule has 1 N–H and O–H groups in total. The number of morpholine rings is 1. The summed E-state index contributed by atoms with van der Waals surface area (Å²) in [4.78, 5) is 14.8. The number of hydrogen-bond acceptors (Lipinski definition) is 5. The molecule has 7 nitrogen and oxygen atoms in total. The summed E-state index contributed by atoms with van der Waals surface area (Å²) in [7, 11) is -3.58. The quantitative estimate of drug-likeness (QED) is 0.797. The molecular formula is C18H26ClN3O4S. The summed E-state index contributed by atoms with van der Waals surface area (Å²) in [5.41, 5.74) is 0.319. The average molecular weight is 416 g/mol. The number of nitrogens with one attached hydrogen (secondary N) is 1. The first-order chi connectivity index (χ1) is 12.9. The third kappa shape index (κ3) is 4.81. The van der Waals surface area contributed by atoms with Gasteiger partial charge in [-0.25, -0.2) is 8.42 Å². The Kier molecular flexibility index (Phi) is 6.75. The van der Waals surface area contributed by atoms with Crippen LogP contribution in [0, 0.1) is 0 Å². The molecule has 1 amide bonds. The molecule has 0 unspecified atom stereocenters. The lowest BCUT2D eigenvalue weighted by molar-refractivity contribution is -0.122. The highest BCUT2D eigenvalue weighted by atomic mass is 35.5. The second kappa shape index (κ2) is 8.87. The number of hydrogen-bond donors (Lipinski definition) is 1. The molecule has 0 spiro atoms. The SMILES string of the molecule is C[C@H](C(=O)Nc1cc(S(=O)(=O)N2CCCCC2)ccc1Cl)N1CCOCC1. The summed E-state index contributed by atoms with van der Waals surface area (Å²) >= 11 is 6.21. The molecule has 0 aliphatic carbocycles. The highest BCUT2D eigenvalue weighted by molar-refractivity contribution is 7.89. The monoisotopic (exact) mass is 415 g/mol. The number of nitrogens with zero attached hydrogens (tertiary/aromatic N) is 2. The highest BCUT2D eigenvalue weighted by Gasteiger charge is 2.28. The van der Waals surface area contributed by atoms with E-state index in [0.29, 0.717) is 50.1 Å². The van der Waals surface area contributed by atoms with Crippen molar-refractivity contribution in [1.82, 2.24) is 9.21 Å². The minimum absolute atomic E-state index is 0.156. The van der Waals surface area contributed by atoms with Gasteiger partial charge in [-0.15, -0.1) is 0 Å². The van der Waals surface area contributed by atoms with Crippen LogP contribution in [0.25, 0.3) is 0 Å². The Morgan fingerprint density at radius 3 is 2.48 bits per heavy atom. The molecule has 150 valence electrons. The molecule has 2 saturated heterocycles. The molecule has 2 aliphatic heterocycles. The average Bonchev–Trinajstić information content (AvgIpc) is 2.70. The topological polar surface area (TPSA) is 79.0 Å². The van der Waals surface area contributed by atoms with Crippen LogP contribution < -0.4 is 5.32 Å². The van der Waals surface area contributed by atoms with E-state index in [-0.39, 0.29) is 16.8 Å². The normalized spacial score (nSPS) is 21.0. The van der Waals surface area contributed by atoms with Gasteiger partial charge in [-0.3, -0.25) is 9.69 Å². The van der Waals surface area contributed by atoms with Crippen LogP contribution in [0.4, 0.5) is 5.69 Å². The van der Waals surface area contributed by atoms with E-state index >= 15 is 0 Å². The Hall–Kier alpha value is -1.19. The third-order valence-corrected chi connectivity index (χ3v) is 7.35. The summed E-state index contributed by atoms with van der Waals surface area (Å²) in [5, 5.41) is 3.10. The summed E-state index contributed by atoms with van der Waals surface area (Å²) in [6.07, 6.45) is 2.79. The second-order valence-corrected chi connectivity index (χ2v) is 9.27. The largest absolute Gasteiger partial charge is 0.379 e. The first kappa shape index (κ1) is 20.5. The maximum absolute atomic E-state index is 12.9. The van der Waals surface area contributed by atoms with Gasteiger partial charge in [0.05, 0.1) is 34.9 Å². The molecule has 3 rings (SSSR count). The van der Waals surface area contributed by atoms with Gasteiger partial charge in [0.2, 0.25) is 15.9 Å². The summed E-state index contributed by atoms with van der Waals surface area (Å²) in [5.74, 6) is -0.216. The standard InChI is InChI=1S/C18H26ClN3O4S/c1-14(21-9-11-26-12-10-21)18(23)20-17-13-15(5-6-16(17)19)27(24,25)22-7-3-2-4-8-22/h5-6,13-14H,2-4,7-12H2,1H3,(H,20,23)/t14-/m1/s1. The van der Waals surface area contributed by atoms with Crippen molar-refractivity contribution in [2.75, 3.05) is 44.7 Å². The van der Waals surface area contributed by atoms with E-state index in [4.69, 9.17) is 16.3 Å². The molecular weight excluding hydrogens is 390 g/mol. The summed E-state index contributed by atoms with van der Waals surface area (Å²) in [6.45, 7) is 5.45. The molecule has 2 fully saturated rings. The van der Waals surface area contributed by atoms with Gasteiger partial charge < -0.3 is 10.1 Å². The Morgan fingerprint density at radius 2 is 1.81 bits per heavy atom. The van der Waals surface area contributed by atoms with Gasteiger partial charge in [-0.1, -0.05) is 18.0 Å². The molecule has 2 heterocycles. The maximum atomic E-state index is 12.9. The molecule has 0 bridgehead atoms. The van der Waals surface area contributed by atoms with Crippen LogP contribution in [0.15, 0.2) is 23.1 Å². The van der Waals surface area contributed by atoms with Crippen molar-refractivity contribution in [3.8, 4) is 0 Å². The van der Waals surface area contributed by atoms with Crippen LogP contribution in [0.5, 0.6) is 0 Å². The predicted molar refractivity (Wildman–Crippen MR) is 105 cm³/mol. The lowest BCUT2D eigenvalue weighted by Gasteiger charge is -2.31. The molecule has 1 aromatic rings. The zero-order chi connectivity index (χ0) is 19.4. The summed E-state index contributed by atoms with van der Waals surface area (Å²) in [6, 6.07) is 4.11. The zero-order valence-corrected chi connectivity index (χ0v) is 17.1. The molecule has 1 atom stereocenters. The van der Waals surface area contributed by atoms with Crippen molar-refractivity contribution in [1.29, 1.82) is 0 Å². The Bertz CT molecular complexity index is 775. The first-order valence-corrected chi connectivity index (χ1v) is 11.1. The fourth-order valence-electron chi connectivity index (χ4n) is 3.38. The molecule has 0 saturated carbocycles. The van der Waals surface area contributed by atoms with Crippen molar-refractivity contribution in [2.24, 2.45) is 0 Å². The Balaban J connectivity index is 1.75. The predicted octanol–water partition coefficient (Wildman–Crippen LogP) is 2.17. The fourth-order valence-corrected chi connectivity index (χ4v) is 5.09. The van der Waals surface area contributed by atoms with E-state index in [2.05, 4.69) is 5.32 Å². The van der Waals surface area contributed by atoms with Crippen molar-refractivity contribution < 1.29 is 17.9 Å². The number of ether oxygens (including phenoxy) is 1. The van der Waals surface area contributed by atoms with Gasteiger partial charge >= 0.3 is 0 Å². The highest BCUT2D eigenvalue weighted by Crippen LogP contribution is 2.28. The van der Waals surface area contributed by atoms with Crippen LogP contribution in [-0.2, 0) is 19.6 Å². The number of carbonyl (C=O) groups is 1. The smallest absolute Gasteiger partial charge is 0.243 e. The molecule has 1 aromatic carbocycles. The molecule has 0 radical (unpaired) electrons. The second-order valence-electron chi connectivity index (χ2n) is 6.92.